The molecule has 2 aromatic carbocycles. The fourth-order valence-electron chi connectivity index (χ4n) is 3.41. The van der Waals surface area contributed by atoms with Gasteiger partial charge in [-0.1, -0.05) is 22.9 Å². The molecule has 0 saturated carbocycles. The maximum atomic E-state index is 9.74. The van der Waals surface area contributed by atoms with E-state index in [1.807, 2.05) is 30.3 Å². The fraction of sp³-hybridized carbons (Fsp3) is 0.167. The second-order valence-electron chi connectivity index (χ2n) is 6.09. The molecule has 6 heteroatoms. The quantitative estimate of drug-likeness (QED) is 0.520. The van der Waals surface area contributed by atoms with Crippen LogP contribution in [0, 0.1) is 0 Å². The lowest BCUT2D eigenvalue weighted by molar-refractivity contribution is 0.476. The van der Waals surface area contributed by atoms with E-state index < -0.39 is 0 Å². The van der Waals surface area contributed by atoms with E-state index in [9.17, 15) is 5.11 Å². The molecule has 120 valence electrons. The summed E-state index contributed by atoms with van der Waals surface area (Å²) < 4.78 is 1.12. The predicted octanol–water partition coefficient (Wildman–Crippen LogP) is 4.70. The zero-order chi connectivity index (χ0) is 16.3. The lowest BCUT2D eigenvalue weighted by Crippen LogP contribution is -2.29. The number of hydrogen-bond donors (Lipinski definition) is 2. The van der Waals surface area contributed by atoms with Crippen LogP contribution < -0.4 is 4.90 Å². The van der Waals surface area contributed by atoms with Gasteiger partial charge in [0.2, 0.25) is 0 Å². The predicted molar refractivity (Wildman–Crippen MR) is 99.3 cm³/mol. The number of fused-ring (bicyclic) bond motifs is 4. The van der Waals surface area contributed by atoms with Crippen molar-refractivity contribution < 1.29 is 5.11 Å². The summed E-state index contributed by atoms with van der Waals surface area (Å²) >= 11 is 7.76. The molecule has 0 amide bonds. The van der Waals surface area contributed by atoms with Crippen molar-refractivity contribution in [1.82, 2.24) is 9.97 Å². The zero-order valence-corrected chi connectivity index (χ0v) is 14.3. The summed E-state index contributed by atoms with van der Waals surface area (Å²) in [7, 11) is 0. The van der Waals surface area contributed by atoms with Gasteiger partial charge < -0.3 is 15.0 Å². The van der Waals surface area contributed by atoms with Gasteiger partial charge in [0, 0.05) is 28.2 Å². The molecule has 4 nitrogen and oxygen atoms in total. The molecule has 0 unspecified atom stereocenters. The summed E-state index contributed by atoms with van der Waals surface area (Å²) in [6, 6.07) is 11.3. The number of aromatic amines is 1. The van der Waals surface area contributed by atoms with Crippen LogP contribution in [0.25, 0.3) is 21.1 Å². The van der Waals surface area contributed by atoms with Gasteiger partial charge in [-0.2, -0.15) is 0 Å². The van der Waals surface area contributed by atoms with Crippen molar-refractivity contribution in [1.29, 1.82) is 0 Å². The van der Waals surface area contributed by atoms with Crippen LogP contribution in [0.1, 0.15) is 11.3 Å². The van der Waals surface area contributed by atoms with Gasteiger partial charge in [-0.15, -0.1) is 0 Å². The number of nitrogens with zero attached hydrogens (tertiary/aromatic N) is 2. The Labute approximate surface area is 147 Å². The second kappa shape index (κ2) is 5.13. The van der Waals surface area contributed by atoms with Crippen molar-refractivity contribution in [3.63, 3.8) is 0 Å². The van der Waals surface area contributed by atoms with E-state index >= 15 is 0 Å². The molecule has 0 radical (unpaired) electrons. The molecular formula is C18H14ClN3OS. The van der Waals surface area contributed by atoms with E-state index in [1.165, 1.54) is 11.3 Å². The van der Waals surface area contributed by atoms with E-state index in [0.717, 1.165) is 50.8 Å². The molecule has 0 bridgehead atoms. The van der Waals surface area contributed by atoms with Crippen molar-refractivity contribution in [2.24, 2.45) is 0 Å². The highest BCUT2D eigenvalue weighted by Gasteiger charge is 2.23. The van der Waals surface area contributed by atoms with Crippen LogP contribution in [0.5, 0.6) is 5.75 Å². The Morgan fingerprint density at radius 2 is 2.12 bits per heavy atom. The van der Waals surface area contributed by atoms with Crippen molar-refractivity contribution in [2.45, 2.75) is 13.0 Å². The summed E-state index contributed by atoms with van der Waals surface area (Å²) in [4.78, 5) is 10.5. The summed E-state index contributed by atoms with van der Waals surface area (Å²) in [5, 5.41) is 12.6. The number of nitrogens with one attached hydrogen (secondary N) is 1. The van der Waals surface area contributed by atoms with Crippen LogP contribution in [-0.4, -0.2) is 21.6 Å². The molecule has 0 saturated heterocycles. The number of halogens is 1. The average molecular weight is 356 g/mol. The number of H-pyrrole nitrogens is 1. The van der Waals surface area contributed by atoms with E-state index in [1.54, 1.807) is 17.4 Å². The first-order valence-electron chi connectivity index (χ1n) is 7.81. The average Bonchev–Trinajstić information content (AvgIpc) is 3.14. The Balaban J connectivity index is 1.54. The maximum absolute atomic E-state index is 9.74. The number of rotatable bonds is 1. The number of thiazole rings is 1. The molecule has 0 atom stereocenters. The first kappa shape index (κ1) is 14.1. The van der Waals surface area contributed by atoms with E-state index in [0.29, 0.717) is 5.75 Å². The normalized spacial score (nSPS) is 14.5. The SMILES string of the molecule is Oc1ccc2[nH]c3c(c2c1)CCN(c1nc2ccc(Cl)cc2s1)C3. The summed E-state index contributed by atoms with van der Waals surface area (Å²) in [5.41, 5.74) is 4.59. The Kier molecular flexibility index (Phi) is 3.02. The van der Waals surface area contributed by atoms with Crippen LogP contribution in [0.4, 0.5) is 5.13 Å². The number of phenolic OH excluding ortho intramolecular Hbond substituents is 1. The van der Waals surface area contributed by atoms with Gasteiger partial charge in [0.05, 0.1) is 16.8 Å². The van der Waals surface area contributed by atoms with Crippen molar-refractivity contribution >= 4 is 49.2 Å². The third-order valence-corrected chi connectivity index (χ3v) is 5.88. The lowest BCUT2D eigenvalue weighted by atomic mass is 10.0. The molecule has 4 aromatic rings. The number of anilines is 1. The van der Waals surface area contributed by atoms with Gasteiger partial charge in [0.1, 0.15) is 5.75 Å². The van der Waals surface area contributed by atoms with Crippen LogP contribution in [0.15, 0.2) is 36.4 Å². The minimum absolute atomic E-state index is 0.315. The molecule has 2 aromatic heterocycles. The molecule has 2 N–H and O–H groups in total. The van der Waals surface area contributed by atoms with Crippen LogP contribution in [0.3, 0.4) is 0 Å². The molecule has 5 rings (SSSR count). The zero-order valence-electron chi connectivity index (χ0n) is 12.7. The van der Waals surface area contributed by atoms with Gasteiger partial charge >= 0.3 is 0 Å². The molecule has 0 aliphatic carbocycles. The number of aromatic hydroxyl groups is 1. The second-order valence-corrected chi connectivity index (χ2v) is 7.54. The highest BCUT2D eigenvalue weighted by Crippen LogP contribution is 2.35. The highest BCUT2D eigenvalue weighted by molar-refractivity contribution is 7.22. The van der Waals surface area contributed by atoms with Gasteiger partial charge in [-0.25, -0.2) is 4.98 Å². The highest BCUT2D eigenvalue weighted by atomic mass is 35.5. The number of hydrogen-bond acceptors (Lipinski definition) is 4. The minimum Gasteiger partial charge on any atom is -0.508 e. The van der Waals surface area contributed by atoms with Crippen molar-refractivity contribution in [3.8, 4) is 5.75 Å². The van der Waals surface area contributed by atoms with Crippen molar-refractivity contribution in [2.75, 3.05) is 11.4 Å². The molecule has 0 spiro atoms. The van der Waals surface area contributed by atoms with E-state index in [-0.39, 0.29) is 0 Å². The fourth-order valence-corrected chi connectivity index (χ4v) is 4.68. The molecule has 3 heterocycles. The van der Waals surface area contributed by atoms with Crippen LogP contribution >= 0.6 is 22.9 Å². The first-order chi connectivity index (χ1) is 11.7. The minimum atomic E-state index is 0.315. The lowest BCUT2D eigenvalue weighted by Gasteiger charge is -2.26. The number of phenols is 1. The third-order valence-electron chi connectivity index (χ3n) is 4.57. The summed E-state index contributed by atoms with van der Waals surface area (Å²) in [5.74, 6) is 0.315. The summed E-state index contributed by atoms with van der Waals surface area (Å²) in [6.07, 6.45) is 0.940. The molecular weight excluding hydrogens is 342 g/mol. The topological polar surface area (TPSA) is 52.1 Å². The monoisotopic (exact) mass is 355 g/mol. The Morgan fingerprint density at radius 1 is 1.21 bits per heavy atom. The van der Waals surface area contributed by atoms with Gasteiger partial charge in [-0.3, -0.25) is 0 Å². The molecule has 1 aliphatic heterocycles. The van der Waals surface area contributed by atoms with Gasteiger partial charge in [0.25, 0.3) is 0 Å². The van der Waals surface area contributed by atoms with Gasteiger partial charge in [0.15, 0.2) is 5.13 Å². The molecule has 1 aliphatic rings. The van der Waals surface area contributed by atoms with Crippen molar-refractivity contribution in [3.05, 3.63) is 52.7 Å². The Morgan fingerprint density at radius 3 is 3.04 bits per heavy atom. The molecule has 24 heavy (non-hydrogen) atoms. The number of benzene rings is 2. The van der Waals surface area contributed by atoms with E-state index in [4.69, 9.17) is 16.6 Å². The number of aromatic nitrogens is 2. The first-order valence-corrected chi connectivity index (χ1v) is 9.00. The van der Waals surface area contributed by atoms with Crippen LogP contribution in [0.2, 0.25) is 5.02 Å². The van der Waals surface area contributed by atoms with Crippen LogP contribution in [-0.2, 0) is 13.0 Å². The Hall–Kier alpha value is -2.24. The summed E-state index contributed by atoms with van der Waals surface area (Å²) in [6.45, 7) is 1.72. The standard InChI is InChI=1S/C18H14ClN3OS/c19-10-1-3-15-17(7-10)24-18(21-15)22-6-5-12-13-8-11(23)2-4-14(13)20-16(12)9-22/h1-4,7-8,20,23H,5-6,9H2. The smallest absolute Gasteiger partial charge is 0.186 e. The molecule has 0 fully saturated rings. The largest absolute Gasteiger partial charge is 0.508 e. The van der Waals surface area contributed by atoms with E-state index in [2.05, 4.69) is 9.88 Å². The maximum Gasteiger partial charge on any atom is 0.186 e. The Bertz CT molecular complexity index is 1080. The van der Waals surface area contributed by atoms with Gasteiger partial charge in [-0.05, 0) is 48.4 Å². The third kappa shape index (κ3) is 2.16.